The van der Waals surface area contributed by atoms with Crippen LogP contribution in [0.3, 0.4) is 0 Å². The fraction of sp³-hybridized carbons (Fsp3) is 0.200. The fourth-order valence-electron chi connectivity index (χ4n) is 3.67. The summed E-state index contributed by atoms with van der Waals surface area (Å²) in [5.41, 5.74) is 2.38. The highest BCUT2D eigenvalue weighted by atomic mass is 32.2. The van der Waals surface area contributed by atoms with Crippen molar-refractivity contribution >= 4 is 35.0 Å². The van der Waals surface area contributed by atoms with Crippen molar-refractivity contribution < 1.29 is 23.8 Å². The number of benzene rings is 3. The molecule has 0 bridgehead atoms. The Morgan fingerprint density at radius 1 is 0.970 bits per heavy atom. The molecule has 1 aliphatic heterocycles. The molecule has 170 valence electrons. The van der Waals surface area contributed by atoms with Gasteiger partial charge in [0.25, 0.3) is 11.8 Å². The van der Waals surface area contributed by atoms with Gasteiger partial charge in [0.2, 0.25) is 0 Å². The predicted octanol–water partition coefficient (Wildman–Crippen LogP) is 4.71. The molecule has 2 amide bonds. The van der Waals surface area contributed by atoms with E-state index in [0.29, 0.717) is 41.5 Å². The number of ether oxygens (including phenoxy) is 3. The molecule has 0 unspecified atom stereocenters. The van der Waals surface area contributed by atoms with Gasteiger partial charge in [-0.1, -0.05) is 30.0 Å². The highest BCUT2D eigenvalue weighted by molar-refractivity contribution is 7.99. The summed E-state index contributed by atoms with van der Waals surface area (Å²) in [5.74, 6) is 0.447. The number of fused-ring (bicyclic) bond motifs is 2. The van der Waals surface area contributed by atoms with Crippen LogP contribution in [0.4, 0.5) is 11.4 Å². The molecule has 1 heterocycles. The summed E-state index contributed by atoms with van der Waals surface area (Å²) in [6.07, 6.45) is 0. The van der Waals surface area contributed by atoms with Crippen LogP contribution in [0.5, 0.6) is 11.5 Å². The molecule has 8 heteroatoms. The third-order valence-corrected chi connectivity index (χ3v) is 6.38. The minimum atomic E-state index is -0.322. The number of nitrogens with one attached hydrogen (secondary N) is 1. The number of hydrogen-bond donors (Lipinski definition) is 1. The molecule has 1 aliphatic rings. The molecule has 7 nitrogen and oxygen atoms in total. The molecule has 0 saturated carbocycles. The molecule has 4 rings (SSSR count). The zero-order valence-corrected chi connectivity index (χ0v) is 19.4. The molecule has 1 N–H and O–H groups in total. The molecular weight excluding hydrogens is 440 g/mol. The molecule has 0 radical (unpaired) electrons. The Bertz CT molecular complexity index is 1200. The molecular formula is C25H24N2O5S. The van der Waals surface area contributed by atoms with Crippen molar-refractivity contribution in [1.82, 2.24) is 0 Å². The van der Waals surface area contributed by atoms with Crippen LogP contribution in [0, 0.1) is 0 Å². The zero-order chi connectivity index (χ0) is 23.4. The number of rotatable bonds is 7. The lowest BCUT2D eigenvalue weighted by Gasteiger charge is -2.23. The Morgan fingerprint density at radius 2 is 1.79 bits per heavy atom. The molecule has 0 aliphatic carbocycles. The lowest BCUT2D eigenvalue weighted by atomic mass is 10.1. The molecule has 0 atom stereocenters. The number of para-hydroxylation sites is 1. The maximum Gasteiger partial charge on any atom is 0.259 e. The van der Waals surface area contributed by atoms with Crippen LogP contribution in [0.15, 0.2) is 70.5 Å². The van der Waals surface area contributed by atoms with Gasteiger partial charge >= 0.3 is 0 Å². The minimum Gasteiger partial charge on any atom is -0.493 e. The molecule has 0 saturated heterocycles. The molecule has 0 aromatic heterocycles. The van der Waals surface area contributed by atoms with Crippen LogP contribution in [-0.4, -0.2) is 46.3 Å². The number of methoxy groups -OCH3 is 3. The second kappa shape index (κ2) is 9.97. The summed E-state index contributed by atoms with van der Waals surface area (Å²) in [5, 5.41) is 2.93. The van der Waals surface area contributed by atoms with Crippen molar-refractivity contribution in [3.05, 3.63) is 71.8 Å². The summed E-state index contributed by atoms with van der Waals surface area (Å²) in [7, 11) is 4.63. The standard InChI is InChI=1S/C25H24N2O5S/c1-30-14-13-27-19-12-11-16(15-22(19)33-21-10-5-4-7-17(21)25(27)29)26-24(28)18-8-6-9-20(31-2)23(18)32-3/h4-12,15H,13-14H2,1-3H3,(H,26,28). The molecule has 3 aromatic rings. The summed E-state index contributed by atoms with van der Waals surface area (Å²) < 4.78 is 15.9. The Hall–Kier alpha value is -3.49. The van der Waals surface area contributed by atoms with Crippen molar-refractivity contribution in [2.45, 2.75) is 9.79 Å². The molecule has 33 heavy (non-hydrogen) atoms. The fourth-order valence-corrected chi connectivity index (χ4v) is 4.79. The van der Waals surface area contributed by atoms with E-state index >= 15 is 0 Å². The van der Waals surface area contributed by atoms with Crippen molar-refractivity contribution in [2.75, 3.05) is 44.7 Å². The van der Waals surface area contributed by atoms with Crippen molar-refractivity contribution in [1.29, 1.82) is 0 Å². The molecule has 0 fully saturated rings. The third kappa shape index (κ3) is 4.53. The van der Waals surface area contributed by atoms with Crippen LogP contribution < -0.4 is 19.7 Å². The third-order valence-electron chi connectivity index (χ3n) is 5.26. The van der Waals surface area contributed by atoms with Crippen LogP contribution in [0.25, 0.3) is 0 Å². The van der Waals surface area contributed by atoms with E-state index in [1.807, 2.05) is 36.4 Å². The number of anilines is 2. The Kier molecular flexibility index (Phi) is 6.86. The van der Waals surface area contributed by atoms with Gasteiger partial charge < -0.3 is 24.4 Å². The first-order valence-corrected chi connectivity index (χ1v) is 11.1. The summed E-state index contributed by atoms with van der Waals surface area (Å²) in [6.45, 7) is 0.829. The monoisotopic (exact) mass is 464 g/mol. The second-order valence-corrected chi connectivity index (χ2v) is 8.31. The number of hydrogen-bond acceptors (Lipinski definition) is 6. The lowest BCUT2D eigenvalue weighted by Crippen LogP contribution is -2.33. The summed E-state index contributed by atoms with van der Waals surface area (Å²) in [6, 6.07) is 18.2. The van der Waals surface area contributed by atoms with Crippen LogP contribution in [0.1, 0.15) is 20.7 Å². The van der Waals surface area contributed by atoms with Gasteiger partial charge in [-0.05, 0) is 42.5 Å². The zero-order valence-electron chi connectivity index (χ0n) is 18.6. The van der Waals surface area contributed by atoms with Crippen molar-refractivity contribution in [3.8, 4) is 11.5 Å². The van der Waals surface area contributed by atoms with Gasteiger partial charge in [-0.3, -0.25) is 9.59 Å². The summed E-state index contributed by atoms with van der Waals surface area (Å²) in [4.78, 5) is 29.7. The summed E-state index contributed by atoms with van der Waals surface area (Å²) >= 11 is 1.50. The second-order valence-electron chi connectivity index (χ2n) is 7.23. The van der Waals surface area contributed by atoms with Gasteiger partial charge in [-0.2, -0.15) is 0 Å². The molecule has 3 aromatic carbocycles. The highest BCUT2D eigenvalue weighted by Gasteiger charge is 2.27. The average Bonchev–Trinajstić information content (AvgIpc) is 2.95. The van der Waals surface area contributed by atoms with E-state index in [-0.39, 0.29) is 11.8 Å². The number of carbonyl (C=O) groups is 2. The van der Waals surface area contributed by atoms with E-state index in [9.17, 15) is 9.59 Å². The normalized spacial score (nSPS) is 12.5. The Morgan fingerprint density at radius 3 is 2.55 bits per heavy atom. The van der Waals surface area contributed by atoms with Crippen molar-refractivity contribution in [2.24, 2.45) is 0 Å². The van der Waals surface area contributed by atoms with Crippen LogP contribution in [0.2, 0.25) is 0 Å². The molecule has 0 spiro atoms. The van der Waals surface area contributed by atoms with E-state index in [1.165, 1.54) is 26.0 Å². The van der Waals surface area contributed by atoms with E-state index < -0.39 is 0 Å². The van der Waals surface area contributed by atoms with Crippen molar-refractivity contribution in [3.63, 3.8) is 0 Å². The van der Waals surface area contributed by atoms with E-state index in [4.69, 9.17) is 14.2 Å². The SMILES string of the molecule is COCCN1C(=O)c2ccccc2Sc2cc(NC(=O)c3cccc(OC)c3OC)ccc21. The largest absolute Gasteiger partial charge is 0.493 e. The van der Waals surface area contributed by atoms with Crippen LogP contribution in [-0.2, 0) is 4.74 Å². The topological polar surface area (TPSA) is 77.1 Å². The minimum absolute atomic E-state index is 0.0770. The Labute approximate surface area is 196 Å². The quantitative estimate of drug-likeness (QED) is 0.546. The maximum absolute atomic E-state index is 13.2. The lowest BCUT2D eigenvalue weighted by molar-refractivity contribution is 0.0971. The number of carbonyl (C=O) groups excluding carboxylic acids is 2. The van der Waals surface area contributed by atoms with E-state index in [1.54, 1.807) is 36.3 Å². The van der Waals surface area contributed by atoms with Gasteiger partial charge in [0.1, 0.15) is 0 Å². The first-order chi connectivity index (χ1) is 16.1. The van der Waals surface area contributed by atoms with Gasteiger partial charge in [-0.25, -0.2) is 0 Å². The van der Waals surface area contributed by atoms with E-state index in [0.717, 1.165) is 15.5 Å². The van der Waals surface area contributed by atoms with Gasteiger partial charge in [0, 0.05) is 29.1 Å². The maximum atomic E-state index is 13.2. The van der Waals surface area contributed by atoms with Gasteiger partial charge in [-0.15, -0.1) is 0 Å². The van der Waals surface area contributed by atoms with Crippen LogP contribution >= 0.6 is 11.8 Å². The highest BCUT2D eigenvalue weighted by Crippen LogP contribution is 2.42. The Balaban J connectivity index is 1.69. The predicted molar refractivity (Wildman–Crippen MR) is 128 cm³/mol. The number of amides is 2. The first-order valence-electron chi connectivity index (χ1n) is 10.3. The van der Waals surface area contributed by atoms with Gasteiger partial charge in [0.15, 0.2) is 11.5 Å². The smallest absolute Gasteiger partial charge is 0.259 e. The average molecular weight is 465 g/mol. The van der Waals surface area contributed by atoms with Gasteiger partial charge in [0.05, 0.1) is 37.6 Å². The number of nitrogens with zero attached hydrogens (tertiary/aromatic N) is 1. The first kappa shape index (κ1) is 22.7. The van der Waals surface area contributed by atoms with E-state index in [2.05, 4.69) is 5.32 Å².